The molecule has 2 aromatic heterocycles. The molecule has 0 bridgehead atoms. The van der Waals surface area contributed by atoms with Gasteiger partial charge in [0.1, 0.15) is 11.5 Å². The molecule has 2 aromatic carbocycles. The second-order valence-corrected chi connectivity index (χ2v) is 6.02. The largest absolute Gasteiger partial charge is 0.508 e. The maximum absolute atomic E-state index is 9.59. The van der Waals surface area contributed by atoms with Crippen LogP contribution in [0.25, 0.3) is 22.7 Å². The van der Waals surface area contributed by atoms with Crippen LogP contribution in [0.1, 0.15) is 11.4 Å². The van der Waals surface area contributed by atoms with Gasteiger partial charge in [-0.15, -0.1) is 0 Å². The van der Waals surface area contributed by atoms with Crippen LogP contribution in [0.4, 0.5) is 0 Å². The van der Waals surface area contributed by atoms with E-state index >= 15 is 0 Å². The maximum atomic E-state index is 9.59. The number of benzene rings is 2. The van der Waals surface area contributed by atoms with Gasteiger partial charge in [-0.05, 0) is 42.0 Å². The number of pyridine rings is 1. The Morgan fingerprint density at radius 2 is 1.85 bits per heavy atom. The van der Waals surface area contributed by atoms with Crippen LogP contribution in [-0.4, -0.2) is 27.3 Å². The summed E-state index contributed by atoms with van der Waals surface area (Å²) in [5.74, 6) is 2.05. The van der Waals surface area contributed by atoms with Crippen molar-refractivity contribution in [1.82, 2.24) is 15.1 Å². The van der Waals surface area contributed by atoms with E-state index in [0.29, 0.717) is 18.1 Å². The molecular weight excluding hydrogens is 342 g/mol. The van der Waals surface area contributed by atoms with Gasteiger partial charge in [-0.3, -0.25) is 4.98 Å². The topological polar surface area (TPSA) is 81.3 Å². The normalized spacial score (nSPS) is 10.7. The Labute approximate surface area is 156 Å². The number of methoxy groups -OCH3 is 1. The molecule has 134 valence electrons. The first kappa shape index (κ1) is 16.8. The van der Waals surface area contributed by atoms with Crippen molar-refractivity contribution in [3.8, 4) is 34.2 Å². The van der Waals surface area contributed by atoms with E-state index in [0.717, 1.165) is 28.1 Å². The molecule has 0 unspecified atom stereocenters. The van der Waals surface area contributed by atoms with Gasteiger partial charge in [-0.1, -0.05) is 29.4 Å². The van der Waals surface area contributed by atoms with Crippen molar-refractivity contribution in [1.29, 1.82) is 0 Å². The number of hydrogen-bond donors (Lipinski definition) is 1. The molecule has 0 spiro atoms. The van der Waals surface area contributed by atoms with Gasteiger partial charge in [0.25, 0.3) is 5.89 Å². The lowest BCUT2D eigenvalue weighted by atomic mass is 10.1. The lowest BCUT2D eigenvalue weighted by molar-refractivity contribution is 0.414. The van der Waals surface area contributed by atoms with Crippen LogP contribution >= 0.6 is 0 Å². The number of nitrogens with zero attached hydrogens (tertiary/aromatic N) is 3. The highest BCUT2D eigenvalue weighted by atomic mass is 16.5. The molecular formula is C21H17N3O3. The third-order valence-electron chi connectivity index (χ3n) is 4.14. The second-order valence-electron chi connectivity index (χ2n) is 6.02. The maximum Gasteiger partial charge on any atom is 0.259 e. The van der Waals surface area contributed by atoms with Gasteiger partial charge in [-0.2, -0.15) is 4.98 Å². The third kappa shape index (κ3) is 3.79. The van der Waals surface area contributed by atoms with Crippen LogP contribution in [0.3, 0.4) is 0 Å². The molecule has 0 radical (unpaired) electrons. The average molecular weight is 359 g/mol. The first-order valence-corrected chi connectivity index (χ1v) is 8.42. The minimum absolute atomic E-state index is 0.207. The zero-order valence-corrected chi connectivity index (χ0v) is 14.7. The molecule has 1 N–H and O–H groups in total. The Hall–Kier alpha value is -3.67. The third-order valence-corrected chi connectivity index (χ3v) is 4.14. The van der Waals surface area contributed by atoms with Gasteiger partial charge < -0.3 is 14.4 Å². The van der Waals surface area contributed by atoms with E-state index in [1.54, 1.807) is 31.5 Å². The summed E-state index contributed by atoms with van der Waals surface area (Å²) >= 11 is 0. The number of phenols is 1. The summed E-state index contributed by atoms with van der Waals surface area (Å²) in [6, 6.07) is 18.4. The fourth-order valence-electron chi connectivity index (χ4n) is 2.73. The zero-order chi connectivity index (χ0) is 18.6. The molecule has 27 heavy (non-hydrogen) atoms. The molecule has 4 aromatic rings. The van der Waals surface area contributed by atoms with Crippen molar-refractivity contribution < 1.29 is 14.4 Å². The number of ether oxygens (including phenoxy) is 1. The van der Waals surface area contributed by atoms with Gasteiger partial charge in [0, 0.05) is 18.2 Å². The highest BCUT2D eigenvalue weighted by Crippen LogP contribution is 2.24. The molecule has 2 heterocycles. The first-order chi connectivity index (χ1) is 13.2. The van der Waals surface area contributed by atoms with Crippen LogP contribution < -0.4 is 4.74 Å². The Morgan fingerprint density at radius 3 is 2.56 bits per heavy atom. The van der Waals surface area contributed by atoms with Crippen LogP contribution in [0, 0.1) is 0 Å². The summed E-state index contributed by atoms with van der Waals surface area (Å²) in [6.07, 6.45) is 2.26. The van der Waals surface area contributed by atoms with E-state index in [2.05, 4.69) is 15.1 Å². The number of phenolic OH excluding ortho intramolecular Hbond substituents is 1. The summed E-state index contributed by atoms with van der Waals surface area (Å²) in [6.45, 7) is 0. The Balaban J connectivity index is 1.50. The lowest BCUT2D eigenvalue weighted by Crippen LogP contribution is -1.91. The molecule has 0 saturated carbocycles. The summed E-state index contributed by atoms with van der Waals surface area (Å²) in [5, 5.41) is 13.6. The van der Waals surface area contributed by atoms with Crippen molar-refractivity contribution in [3.63, 3.8) is 0 Å². The SMILES string of the molecule is COc1ccc(Cc2noc(-c3ccc(-c4cccc(O)c4)nc3)n2)cc1. The molecule has 6 nitrogen and oxygen atoms in total. The minimum atomic E-state index is 0.207. The van der Waals surface area contributed by atoms with E-state index < -0.39 is 0 Å². The predicted molar refractivity (Wildman–Crippen MR) is 100 cm³/mol. The first-order valence-electron chi connectivity index (χ1n) is 8.42. The van der Waals surface area contributed by atoms with Crippen LogP contribution in [-0.2, 0) is 6.42 Å². The van der Waals surface area contributed by atoms with E-state index in [1.165, 1.54) is 0 Å². The smallest absolute Gasteiger partial charge is 0.259 e. The fraction of sp³-hybridized carbons (Fsp3) is 0.0952. The Bertz CT molecular complexity index is 1040. The predicted octanol–water partition coefficient (Wildman–Crippen LogP) is 4.10. The van der Waals surface area contributed by atoms with Gasteiger partial charge >= 0.3 is 0 Å². The Morgan fingerprint density at radius 1 is 1.00 bits per heavy atom. The van der Waals surface area contributed by atoms with Crippen molar-refractivity contribution in [3.05, 3.63) is 78.2 Å². The molecule has 0 aliphatic rings. The Kier molecular flexibility index (Phi) is 4.53. The van der Waals surface area contributed by atoms with E-state index in [1.807, 2.05) is 42.5 Å². The van der Waals surface area contributed by atoms with E-state index in [-0.39, 0.29) is 5.75 Å². The van der Waals surface area contributed by atoms with Crippen LogP contribution in [0.15, 0.2) is 71.4 Å². The second kappa shape index (κ2) is 7.29. The zero-order valence-electron chi connectivity index (χ0n) is 14.7. The molecule has 0 aliphatic carbocycles. The molecule has 0 saturated heterocycles. The van der Waals surface area contributed by atoms with Gasteiger partial charge in [0.15, 0.2) is 5.82 Å². The summed E-state index contributed by atoms with van der Waals surface area (Å²) < 4.78 is 10.5. The van der Waals surface area contributed by atoms with Crippen molar-refractivity contribution in [2.24, 2.45) is 0 Å². The molecule has 0 amide bonds. The molecule has 0 aliphatic heterocycles. The van der Waals surface area contributed by atoms with Crippen molar-refractivity contribution in [2.75, 3.05) is 7.11 Å². The van der Waals surface area contributed by atoms with Crippen molar-refractivity contribution in [2.45, 2.75) is 6.42 Å². The standard InChI is InChI=1S/C21H17N3O3/c1-26-18-8-5-14(6-9-18)11-20-23-21(27-24-20)16-7-10-19(22-13-16)15-3-2-4-17(25)12-15/h2-10,12-13,25H,11H2,1H3. The number of aromatic hydroxyl groups is 1. The molecule has 4 rings (SSSR count). The minimum Gasteiger partial charge on any atom is -0.508 e. The molecule has 0 atom stereocenters. The van der Waals surface area contributed by atoms with Gasteiger partial charge in [0.2, 0.25) is 0 Å². The molecule has 6 heteroatoms. The van der Waals surface area contributed by atoms with Gasteiger partial charge in [0.05, 0.1) is 18.4 Å². The monoisotopic (exact) mass is 359 g/mol. The fourth-order valence-corrected chi connectivity index (χ4v) is 2.73. The highest BCUT2D eigenvalue weighted by molar-refractivity contribution is 5.63. The lowest BCUT2D eigenvalue weighted by Gasteiger charge is -2.02. The number of hydrogen-bond acceptors (Lipinski definition) is 6. The average Bonchev–Trinajstić information content (AvgIpc) is 3.17. The number of aromatic nitrogens is 3. The van der Waals surface area contributed by atoms with Gasteiger partial charge in [-0.25, -0.2) is 0 Å². The van der Waals surface area contributed by atoms with Crippen LogP contribution in [0.2, 0.25) is 0 Å². The molecule has 0 fully saturated rings. The van der Waals surface area contributed by atoms with E-state index in [9.17, 15) is 5.11 Å². The highest BCUT2D eigenvalue weighted by Gasteiger charge is 2.11. The van der Waals surface area contributed by atoms with E-state index in [4.69, 9.17) is 9.26 Å². The summed E-state index contributed by atoms with van der Waals surface area (Å²) in [4.78, 5) is 8.87. The quantitative estimate of drug-likeness (QED) is 0.578. The summed E-state index contributed by atoms with van der Waals surface area (Å²) in [7, 11) is 1.64. The number of rotatable bonds is 5. The van der Waals surface area contributed by atoms with Crippen LogP contribution in [0.5, 0.6) is 11.5 Å². The van der Waals surface area contributed by atoms with Crippen molar-refractivity contribution >= 4 is 0 Å². The summed E-state index contributed by atoms with van der Waals surface area (Å²) in [5.41, 5.74) is 3.41.